The first-order chi connectivity index (χ1) is 9.88. The molecule has 0 saturated heterocycles. The second kappa shape index (κ2) is 6.22. The van der Waals surface area contributed by atoms with E-state index in [1.54, 1.807) is 12.3 Å². The molecule has 1 heterocycles. The van der Waals surface area contributed by atoms with E-state index < -0.39 is 0 Å². The minimum absolute atomic E-state index is 0.233. The minimum atomic E-state index is -0.234. The van der Waals surface area contributed by atoms with Crippen molar-refractivity contribution in [2.24, 2.45) is 0 Å². The van der Waals surface area contributed by atoms with Crippen molar-refractivity contribution in [3.05, 3.63) is 52.1 Å². The smallest absolute Gasteiger partial charge is 0.259 e. The van der Waals surface area contributed by atoms with Crippen LogP contribution in [0.1, 0.15) is 47.2 Å². The van der Waals surface area contributed by atoms with Crippen molar-refractivity contribution in [1.82, 2.24) is 9.97 Å². The fourth-order valence-electron chi connectivity index (χ4n) is 1.86. The highest BCUT2D eigenvalue weighted by atomic mass is 35.5. The van der Waals surface area contributed by atoms with Crippen LogP contribution in [0.4, 0.5) is 5.69 Å². The first-order valence-corrected chi connectivity index (χ1v) is 7.17. The van der Waals surface area contributed by atoms with Crippen LogP contribution in [0, 0.1) is 13.8 Å². The van der Waals surface area contributed by atoms with Crippen LogP contribution in [0.3, 0.4) is 0 Å². The number of hydrogen-bond acceptors (Lipinski definition) is 3. The van der Waals surface area contributed by atoms with Crippen LogP contribution < -0.4 is 5.32 Å². The van der Waals surface area contributed by atoms with Gasteiger partial charge in [0.2, 0.25) is 0 Å². The van der Waals surface area contributed by atoms with E-state index in [-0.39, 0.29) is 11.8 Å². The van der Waals surface area contributed by atoms with Crippen molar-refractivity contribution in [3.8, 4) is 0 Å². The van der Waals surface area contributed by atoms with E-state index in [1.807, 2.05) is 39.8 Å². The summed E-state index contributed by atoms with van der Waals surface area (Å²) in [5.41, 5.74) is 2.76. The van der Waals surface area contributed by atoms with Gasteiger partial charge in [-0.15, -0.1) is 0 Å². The molecule has 1 N–H and O–H groups in total. The van der Waals surface area contributed by atoms with Crippen LogP contribution in [-0.2, 0) is 0 Å². The topological polar surface area (TPSA) is 54.9 Å². The molecule has 0 aliphatic rings. The lowest BCUT2D eigenvalue weighted by Gasteiger charge is -2.10. The number of carbonyl (C=O) groups is 1. The first kappa shape index (κ1) is 15.4. The summed E-state index contributed by atoms with van der Waals surface area (Å²) in [4.78, 5) is 20.9. The summed E-state index contributed by atoms with van der Waals surface area (Å²) in [5.74, 6) is 0.738. The van der Waals surface area contributed by atoms with Gasteiger partial charge in [0.15, 0.2) is 0 Å². The molecule has 0 unspecified atom stereocenters. The lowest BCUT2D eigenvalue weighted by Crippen LogP contribution is -2.15. The van der Waals surface area contributed by atoms with Gasteiger partial charge in [0, 0.05) is 22.8 Å². The van der Waals surface area contributed by atoms with Gasteiger partial charge < -0.3 is 5.32 Å². The summed E-state index contributed by atoms with van der Waals surface area (Å²) in [6.07, 6.45) is 1.57. The number of amides is 1. The van der Waals surface area contributed by atoms with Crippen molar-refractivity contribution in [1.29, 1.82) is 0 Å². The van der Waals surface area contributed by atoms with Crippen LogP contribution in [0.5, 0.6) is 0 Å². The number of anilines is 1. The summed E-state index contributed by atoms with van der Waals surface area (Å²) in [6.45, 7) is 7.76. The van der Waals surface area contributed by atoms with E-state index in [1.165, 1.54) is 0 Å². The van der Waals surface area contributed by atoms with Crippen molar-refractivity contribution in [2.75, 3.05) is 5.32 Å². The third kappa shape index (κ3) is 3.58. The summed E-state index contributed by atoms with van der Waals surface area (Å²) < 4.78 is 0. The molecule has 1 amide bonds. The average molecular weight is 304 g/mol. The van der Waals surface area contributed by atoms with Gasteiger partial charge >= 0.3 is 0 Å². The molecule has 0 radical (unpaired) electrons. The maximum Gasteiger partial charge on any atom is 0.259 e. The van der Waals surface area contributed by atoms with Gasteiger partial charge in [-0.25, -0.2) is 9.97 Å². The van der Waals surface area contributed by atoms with Gasteiger partial charge in [0.25, 0.3) is 5.91 Å². The second-order valence-corrected chi connectivity index (χ2v) is 5.71. The van der Waals surface area contributed by atoms with Crippen molar-refractivity contribution < 1.29 is 4.79 Å². The van der Waals surface area contributed by atoms with Crippen molar-refractivity contribution in [3.63, 3.8) is 0 Å². The molecule has 0 aliphatic heterocycles. The third-order valence-corrected chi connectivity index (χ3v) is 3.60. The summed E-state index contributed by atoms with van der Waals surface area (Å²) in [6, 6.07) is 5.41. The molecular weight excluding hydrogens is 286 g/mol. The Bertz CT molecular complexity index is 683. The van der Waals surface area contributed by atoms with E-state index in [4.69, 9.17) is 11.6 Å². The third-order valence-electron chi connectivity index (χ3n) is 3.19. The van der Waals surface area contributed by atoms with E-state index in [9.17, 15) is 4.79 Å². The number of aromatic nitrogens is 2. The molecule has 1 aromatic carbocycles. The fourth-order valence-corrected chi connectivity index (χ4v) is 2.04. The van der Waals surface area contributed by atoms with Crippen LogP contribution in [-0.4, -0.2) is 15.9 Å². The van der Waals surface area contributed by atoms with Crippen LogP contribution in [0.25, 0.3) is 0 Å². The first-order valence-electron chi connectivity index (χ1n) is 6.79. The molecule has 0 saturated carbocycles. The van der Waals surface area contributed by atoms with Crippen LogP contribution >= 0.6 is 11.6 Å². The van der Waals surface area contributed by atoms with Gasteiger partial charge in [-0.1, -0.05) is 31.5 Å². The van der Waals surface area contributed by atoms with Crippen LogP contribution in [0.2, 0.25) is 5.02 Å². The molecule has 21 heavy (non-hydrogen) atoms. The highest BCUT2D eigenvalue weighted by molar-refractivity contribution is 6.31. The minimum Gasteiger partial charge on any atom is -0.322 e. The Morgan fingerprint density at radius 3 is 2.57 bits per heavy atom. The van der Waals surface area contributed by atoms with Crippen molar-refractivity contribution >= 4 is 23.2 Å². The predicted octanol–water partition coefficient (Wildman–Crippen LogP) is 4.12. The maximum absolute atomic E-state index is 12.3. The normalized spacial score (nSPS) is 10.8. The average Bonchev–Trinajstić information content (AvgIpc) is 2.42. The zero-order valence-electron chi connectivity index (χ0n) is 12.6. The summed E-state index contributed by atoms with van der Waals surface area (Å²) in [5, 5.41) is 3.43. The van der Waals surface area contributed by atoms with Gasteiger partial charge in [-0.2, -0.15) is 0 Å². The number of carbonyl (C=O) groups excluding carboxylic acids is 1. The lowest BCUT2D eigenvalue weighted by atomic mass is 10.1. The lowest BCUT2D eigenvalue weighted by molar-refractivity contribution is 0.102. The summed E-state index contributed by atoms with van der Waals surface area (Å²) >= 11 is 6.05. The molecule has 0 spiro atoms. The van der Waals surface area contributed by atoms with E-state index >= 15 is 0 Å². The Balaban J connectivity index is 2.22. The Hall–Kier alpha value is -1.94. The molecule has 0 bridgehead atoms. The molecular formula is C16H18ClN3O. The van der Waals surface area contributed by atoms with Gasteiger partial charge in [-0.3, -0.25) is 4.79 Å². The number of aryl methyl sites for hydroxylation is 2. The quantitative estimate of drug-likeness (QED) is 0.928. The van der Waals surface area contributed by atoms with E-state index in [2.05, 4.69) is 15.3 Å². The van der Waals surface area contributed by atoms with E-state index in [0.717, 1.165) is 11.4 Å². The number of benzene rings is 1. The number of hydrogen-bond donors (Lipinski definition) is 1. The molecule has 2 aromatic rings. The second-order valence-electron chi connectivity index (χ2n) is 5.30. The largest absolute Gasteiger partial charge is 0.322 e. The highest BCUT2D eigenvalue weighted by Crippen LogP contribution is 2.21. The molecule has 110 valence electrons. The van der Waals surface area contributed by atoms with Gasteiger partial charge in [0.05, 0.1) is 11.3 Å². The number of rotatable bonds is 3. The molecule has 5 heteroatoms. The highest BCUT2D eigenvalue weighted by Gasteiger charge is 2.13. The zero-order valence-corrected chi connectivity index (χ0v) is 13.3. The number of nitrogens with one attached hydrogen (secondary N) is 1. The molecule has 1 aromatic heterocycles. The van der Waals surface area contributed by atoms with E-state index in [0.29, 0.717) is 22.0 Å². The maximum atomic E-state index is 12.3. The van der Waals surface area contributed by atoms with Crippen molar-refractivity contribution in [2.45, 2.75) is 33.6 Å². The summed E-state index contributed by atoms with van der Waals surface area (Å²) in [7, 11) is 0. The molecule has 0 atom stereocenters. The SMILES string of the molecule is Cc1ccc(NC(=O)c2cnc(C(C)C)nc2C)cc1Cl. The Kier molecular flexibility index (Phi) is 4.58. The Morgan fingerprint density at radius 1 is 1.29 bits per heavy atom. The number of halogens is 1. The van der Waals surface area contributed by atoms with Gasteiger partial charge in [0.1, 0.15) is 5.82 Å². The Labute approximate surface area is 129 Å². The predicted molar refractivity (Wildman–Crippen MR) is 85.0 cm³/mol. The monoisotopic (exact) mass is 303 g/mol. The fraction of sp³-hybridized carbons (Fsp3) is 0.312. The molecule has 0 aliphatic carbocycles. The molecule has 0 fully saturated rings. The molecule has 2 rings (SSSR count). The van der Waals surface area contributed by atoms with Crippen LogP contribution in [0.15, 0.2) is 24.4 Å². The standard InChI is InChI=1S/C16H18ClN3O/c1-9(2)15-18-8-13(11(4)19-15)16(21)20-12-6-5-10(3)14(17)7-12/h5-9H,1-4H3,(H,20,21). The Morgan fingerprint density at radius 2 is 2.00 bits per heavy atom. The molecule has 4 nitrogen and oxygen atoms in total. The van der Waals surface area contributed by atoms with Gasteiger partial charge in [-0.05, 0) is 31.5 Å². The zero-order chi connectivity index (χ0) is 15.6. The number of nitrogens with zero attached hydrogens (tertiary/aromatic N) is 2.